The average molecular weight is 306 g/mol. The van der Waals surface area contributed by atoms with E-state index >= 15 is 0 Å². The van der Waals surface area contributed by atoms with Crippen molar-refractivity contribution in [3.63, 3.8) is 0 Å². The van der Waals surface area contributed by atoms with Crippen LogP contribution < -0.4 is 0 Å². The number of pyridine rings is 1. The molecule has 0 fully saturated rings. The molecule has 0 saturated carbocycles. The van der Waals surface area contributed by atoms with Gasteiger partial charge in [0.05, 0.1) is 16.7 Å². The number of hydrogen-bond acceptors (Lipinski definition) is 4. The second-order valence-electron chi connectivity index (χ2n) is 4.66. The summed E-state index contributed by atoms with van der Waals surface area (Å²) < 4.78 is 26.7. The minimum atomic E-state index is -3.25. The fourth-order valence-electron chi connectivity index (χ4n) is 2.09. The van der Waals surface area contributed by atoms with Crippen LogP contribution in [0.4, 0.5) is 0 Å². The first-order chi connectivity index (χ1) is 9.56. The second kappa shape index (κ2) is 5.03. The summed E-state index contributed by atoms with van der Waals surface area (Å²) in [6.45, 7) is 1.73. The summed E-state index contributed by atoms with van der Waals surface area (Å²) in [5.41, 5.74) is 1.35. The van der Waals surface area contributed by atoms with E-state index in [4.69, 9.17) is 0 Å². The molecule has 0 radical (unpaired) electrons. The lowest BCUT2D eigenvalue weighted by Gasteiger charge is -2.09. The lowest BCUT2D eigenvalue weighted by Crippen LogP contribution is -2.12. The number of aromatic nitrogens is 2. The Morgan fingerprint density at radius 1 is 1.30 bits per heavy atom. The Bertz CT molecular complexity index is 787. The zero-order valence-electron chi connectivity index (χ0n) is 10.9. The molecule has 20 heavy (non-hydrogen) atoms. The maximum Gasteiger partial charge on any atom is 0.163 e. The van der Waals surface area contributed by atoms with Crippen LogP contribution in [0.2, 0.25) is 0 Å². The number of rotatable bonds is 4. The van der Waals surface area contributed by atoms with Crippen LogP contribution in [0.25, 0.3) is 5.65 Å². The summed E-state index contributed by atoms with van der Waals surface area (Å²) in [4.78, 5) is 5.22. The maximum atomic E-state index is 12.4. The van der Waals surface area contributed by atoms with Gasteiger partial charge in [-0.1, -0.05) is 12.1 Å². The molecule has 4 nitrogen and oxygen atoms in total. The minimum Gasteiger partial charge on any atom is -0.307 e. The largest absolute Gasteiger partial charge is 0.307 e. The highest BCUT2D eigenvalue weighted by Crippen LogP contribution is 2.28. The molecule has 3 aromatic heterocycles. The Labute approximate surface area is 121 Å². The van der Waals surface area contributed by atoms with E-state index in [-0.39, 0.29) is 5.75 Å². The fourth-order valence-corrected chi connectivity index (χ4v) is 4.59. The Hall–Kier alpha value is -1.66. The molecule has 0 aliphatic heterocycles. The van der Waals surface area contributed by atoms with Crippen LogP contribution in [-0.2, 0) is 15.6 Å². The van der Waals surface area contributed by atoms with Crippen molar-refractivity contribution in [2.75, 3.05) is 0 Å². The van der Waals surface area contributed by atoms with Crippen LogP contribution in [0.5, 0.6) is 0 Å². The molecule has 0 aliphatic carbocycles. The van der Waals surface area contributed by atoms with Gasteiger partial charge in [0.2, 0.25) is 0 Å². The van der Waals surface area contributed by atoms with E-state index in [1.807, 2.05) is 46.3 Å². The summed E-state index contributed by atoms with van der Waals surface area (Å²) in [6.07, 6.45) is 3.63. The highest BCUT2D eigenvalue weighted by molar-refractivity contribution is 7.91. The van der Waals surface area contributed by atoms with Crippen molar-refractivity contribution >= 4 is 26.8 Å². The van der Waals surface area contributed by atoms with Crippen molar-refractivity contribution in [1.82, 2.24) is 9.38 Å². The van der Waals surface area contributed by atoms with Gasteiger partial charge in [-0.2, -0.15) is 0 Å². The zero-order valence-corrected chi connectivity index (χ0v) is 12.6. The van der Waals surface area contributed by atoms with Crippen molar-refractivity contribution in [3.8, 4) is 0 Å². The Morgan fingerprint density at radius 3 is 2.85 bits per heavy atom. The van der Waals surface area contributed by atoms with Gasteiger partial charge in [0.25, 0.3) is 0 Å². The summed E-state index contributed by atoms with van der Waals surface area (Å²) >= 11 is 1.47. The molecule has 0 amide bonds. The summed E-state index contributed by atoms with van der Waals surface area (Å²) in [7, 11) is -3.25. The number of thiophene rings is 1. The predicted molar refractivity (Wildman–Crippen MR) is 80.5 cm³/mol. The fraction of sp³-hybridized carbons (Fsp3) is 0.214. The first-order valence-corrected chi connectivity index (χ1v) is 8.83. The van der Waals surface area contributed by atoms with E-state index in [1.165, 1.54) is 11.3 Å². The number of fused-ring (bicyclic) bond motifs is 1. The molecule has 3 heterocycles. The van der Waals surface area contributed by atoms with Gasteiger partial charge in [-0.3, -0.25) is 0 Å². The molecule has 1 atom stereocenters. The molecule has 0 spiro atoms. The summed E-state index contributed by atoms with van der Waals surface area (Å²) in [5, 5.41) is 1.40. The number of nitrogens with zero attached hydrogens (tertiary/aromatic N) is 2. The van der Waals surface area contributed by atoms with Gasteiger partial charge in [-0.05, 0) is 30.5 Å². The van der Waals surface area contributed by atoms with Gasteiger partial charge in [0, 0.05) is 17.3 Å². The van der Waals surface area contributed by atoms with Crippen molar-refractivity contribution in [2.24, 2.45) is 0 Å². The van der Waals surface area contributed by atoms with Crippen molar-refractivity contribution in [3.05, 3.63) is 58.7 Å². The Morgan fingerprint density at radius 2 is 2.15 bits per heavy atom. The molecule has 104 valence electrons. The second-order valence-corrected chi connectivity index (χ2v) is 7.96. The molecular weight excluding hydrogens is 292 g/mol. The quantitative estimate of drug-likeness (QED) is 0.744. The molecular formula is C14H14N2O2S2. The van der Waals surface area contributed by atoms with E-state index in [9.17, 15) is 8.42 Å². The molecule has 0 N–H and O–H groups in total. The smallest absolute Gasteiger partial charge is 0.163 e. The minimum absolute atomic E-state index is 0.0340. The van der Waals surface area contributed by atoms with Crippen LogP contribution in [-0.4, -0.2) is 17.8 Å². The number of hydrogen-bond donors (Lipinski definition) is 0. The summed E-state index contributed by atoms with van der Waals surface area (Å²) in [5.74, 6) is -0.0340. The molecule has 0 bridgehead atoms. The highest BCUT2D eigenvalue weighted by atomic mass is 32.2. The normalized spacial score (nSPS) is 13.7. The lowest BCUT2D eigenvalue weighted by atomic mass is 10.4. The van der Waals surface area contributed by atoms with E-state index in [2.05, 4.69) is 4.98 Å². The topological polar surface area (TPSA) is 51.4 Å². The Balaban J connectivity index is 1.89. The van der Waals surface area contributed by atoms with E-state index in [0.29, 0.717) is 5.69 Å². The third-order valence-electron chi connectivity index (χ3n) is 3.25. The van der Waals surface area contributed by atoms with Gasteiger partial charge < -0.3 is 4.40 Å². The highest BCUT2D eigenvalue weighted by Gasteiger charge is 2.24. The molecule has 6 heteroatoms. The van der Waals surface area contributed by atoms with Gasteiger partial charge in [-0.25, -0.2) is 13.4 Å². The summed E-state index contributed by atoms with van der Waals surface area (Å²) in [6, 6.07) is 9.36. The number of sulfone groups is 1. The SMILES string of the molecule is C[C@H](c1cccs1)S(=O)(=O)Cc1cn2ccccc2n1. The van der Waals surface area contributed by atoms with Gasteiger partial charge >= 0.3 is 0 Å². The molecule has 0 saturated heterocycles. The first kappa shape index (κ1) is 13.3. The third-order valence-corrected chi connectivity index (χ3v) is 6.48. The van der Waals surface area contributed by atoms with Crippen molar-refractivity contribution in [2.45, 2.75) is 17.9 Å². The molecule has 0 unspecified atom stereocenters. The average Bonchev–Trinajstić information content (AvgIpc) is 3.05. The van der Waals surface area contributed by atoms with E-state index < -0.39 is 15.1 Å². The van der Waals surface area contributed by atoms with Crippen LogP contribution >= 0.6 is 11.3 Å². The first-order valence-electron chi connectivity index (χ1n) is 6.24. The molecule has 0 aromatic carbocycles. The van der Waals surface area contributed by atoms with Crippen molar-refractivity contribution < 1.29 is 8.42 Å². The van der Waals surface area contributed by atoms with Gasteiger partial charge in [0.15, 0.2) is 9.84 Å². The third kappa shape index (κ3) is 2.48. The van der Waals surface area contributed by atoms with Crippen LogP contribution in [0.15, 0.2) is 48.1 Å². The van der Waals surface area contributed by atoms with E-state index in [0.717, 1.165) is 10.5 Å². The monoisotopic (exact) mass is 306 g/mol. The molecule has 3 rings (SSSR count). The van der Waals surface area contributed by atoms with Gasteiger partial charge in [0.1, 0.15) is 5.65 Å². The molecule has 0 aliphatic rings. The number of imidazole rings is 1. The zero-order chi connectivity index (χ0) is 14.2. The lowest BCUT2D eigenvalue weighted by molar-refractivity contribution is 0.585. The van der Waals surface area contributed by atoms with Crippen molar-refractivity contribution in [1.29, 1.82) is 0 Å². The Kier molecular flexibility index (Phi) is 3.35. The predicted octanol–water partition coefficient (Wildman–Crippen LogP) is 3.07. The standard InChI is InChI=1S/C14H14N2O2S2/c1-11(13-5-4-8-19-13)20(17,18)10-12-9-16-7-3-2-6-14(16)15-12/h2-9,11H,10H2,1H3/t11-/m1/s1. The van der Waals surface area contributed by atoms with Gasteiger partial charge in [-0.15, -0.1) is 11.3 Å². The van der Waals surface area contributed by atoms with E-state index in [1.54, 1.807) is 13.1 Å². The van der Waals surface area contributed by atoms with Crippen LogP contribution in [0, 0.1) is 0 Å². The maximum absolute atomic E-state index is 12.4. The molecule has 3 aromatic rings. The van der Waals surface area contributed by atoms with Crippen LogP contribution in [0.1, 0.15) is 22.7 Å². The van der Waals surface area contributed by atoms with Crippen LogP contribution in [0.3, 0.4) is 0 Å².